The summed E-state index contributed by atoms with van der Waals surface area (Å²) in [5, 5.41) is 2.52. The number of amides is 1. The molecule has 0 aliphatic rings. The zero-order chi connectivity index (χ0) is 19.3. The average molecular weight is 394 g/mol. The van der Waals surface area contributed by atoms with E-state index >= 15 is 0 Å². The van der Waals surface area contributed by atoms with E-state index in [-0.39, 0.29) is 28.3 Å². The molecule has 0 atom stereocenters. The molecule has 140 valence electrons. The molecular weight excluding hydrogens is 381 g/mol. The van der Waals surface area contributed by atoms with E-state index in [1.54, 1.807) is 30.6 Å². The fourth-order valence-electron chi connectivity index (χ4n) is 2.07. The number of carbonyl (C=O) groups excluding carboxylic acids is 1. The highest BCUT2D eigenvalue weighted by atomic mass is 32.2. The van der Waals surface area contributed by atoms with Crippen LogP contribution in [0.25, 0.3) is 11.5 Å². The number of rotatable bonds is 6. The number of alkyl halides is 3. The normalized spacial score (nSPS) is 11.4. The van der Waals surface area contributed by atoms with E-state index in [2.05, 4.69) is 20.3 Å². The minimum Gasteiger partial charge on any atom is -0.463 e. The van der Waals surface area contributed by atoms with E-state index in [4.69, 9.17) is 4.42 Å². The van der Waals surface area contributed by atoms with E-state index < -0.39 is 11.9 Å². The van der Waals surface area contributed by atoms with Crippen LogP contribution in [0.2, 0.25) is 0 Å². The number of hydrogen-bond donors (Lipinski definition) is 1. The molecule has 6 nitrogen and oxygen atoms in total. The highest BCUT2D eigenvalue weighted by Crippen LogP contribution is 2.32. The summed E-state index contributed by atoms with van der Waals surface area (Å²) in [6.07, 6.45) is -0.0982. The first kappa shape index (κ1) is 18.9. The van der Waals surface area contributed by atoms with E-state index in [1.165, 1.54) is 12.3 Å². The first-order chi connectivity index (χ1) is 12.9. The Morgan fingerprint density at radius 2 is 1.96 bits per heavy atom. The topological polar surface area (TPSA) is 80.9 Å². The van der Waals surface area contributed by atoms with Crippen molar-refractivity contribution in [1.29, 1.82) is 0 Å². The molecular formula is C17H13F3N4O2S. The zero-order valence-corrected chi connectivity index (χ0v) is 14.5. The molecule has 0 aromatic carbocycles. The lowest BCUT2D eigenvalue weighted by molar-refractivity contribution is -0.141. The first-order valence-electron chi connectivity index (χ1n) is 7.70. The SMILES string of the molecule is O=C(CSc1nc(-c2ccco2)cc(C(F)(F)F)n1)NCc1ccncc1. The fraction of sp³-hybridized carbons (Fsp3) is 0.176. The molecule has 10 heteroatoms. The maximum Gasteiger partial charge on any atom is 0.433 e. The number of aromatic nitrogens is 3. The van der Waals surface area contributed by atoms with Gasteiger partial charge in [0.2, 0.25) is 5.91 Å². The highest BCUT2D eigenvalue weighted by molar-refractivity contribution is 7.99. The summed E-state index contributed by atoms with van der Waals surface area (Å²) in [7, 11) is 0. The quantitative estimate of drug-likeness (QED) is 0.509. The molecule has 3 aromatic rings. The summed E-state index contributed by atoms with van der Waals surface area (Å²) >= 11 is 0.817. The predicted octanol–water partition coefficient (Wildman–Crippen LogP) is 3.56. The van der Waals surface area contributed by atoms with Gasteiger partial charge in [0.05, 0.1) is 12.0 Å². The van der Waals surface area contributed by atoms with E-state index in [1.807, 2.05) is 0 Å². The van der Waals surface area contributed by atoms with Gasteiger partial charge in [0, 0.05) is 18.9 Å². The van der Waals surface area contributed by atoms with Crippen molar-refractivity contribution in [2.45, 2.75) is 17.9 Å². The molecule has 0 fully saturated rings. The molecule has 1 N–H and O–H groups in total. The van der Waals surface area contributed by atoms with Gasteiger partial charge in [0.25, 0.3) is 0 Å². The number of thioether (sulfide) groups is 1. The molecule has 0 saturated heterocycles. The van der Waals surface area contributed by atoms with Gasteiger partial charge in [-0.3, -0.25) is 9.78 Å². The van der Waals surface area contributed by atoms with Crippen LogP contribution in [0.5, 0.6) is 0 Å². The number of furan rings is 1. The molecule has 0 bridgehead atoms. The Balaban J connectivity index is 1.68. The third kappa shape index (κ3) is 5.30. The summed E-state index contributed by atoms with van der Waals surface area (Å²) in [5.41, 5.74) is -0.232. The van der Waals surface area contributed by atoms with Crippen LogP contribution in [0.15, 0.2) is 58.6 Å². The lowest BCUT2D eigenvalue weighted by atomic mass is 10.2. The van der Waals surface area contributed by atoms with Gasteiger partial charge in [-0.15, -0.1) is 0 Å². The van der Waals surface area contributed by atoms with Crippen LogP contribution in [-0.2, 0) is 17.5 Å². The molecule has 27 heavy (non-hydrogen) atoms. The molecule has 3 aromatic heterocycles. The molecule has 0 aliphatic carbocycles. The molecule has 0 radical (unpaired) electrons. The predicted molar refractivity (Wildman–Crippen MR) is 91.5 cm³/mol. The number of nitrogens with zero attached hydrogens (tertiary/aromatic N) is 3. The lowest BCUT2D eigenvalue weighted by Crippen LogP contribution is -2.24. The smallest absolute Gasteiger partial charge is 0.433 e. The van der Waals surface area contributed by atoms with Gasteiger partial charge in [0.1, 0.15) is 11.4 Å². The minimum atomic E-state index is -4.64. The summed E-state index contributed by atoms with van der Waals surface area (Å²) in [5.74, 6) is -0.284. The lowest BCUT2D eigenvalue weighted by Gasteiger charge is -2.09. The van der Waals surface area contributed by atoms with Crippen molar-refractivity contribution in [1.82, 2.24) is 20.3 Å². The second-order valence-corrected chi connectivity index (χ2v) is 6.26. The highest BCUT2D eigenvalue weighted by Gasteiger charge is 2.34. The number of hydrogen-bond acceptors (Lipinski definition) is 6. The second-order valence-electron chi connectivity index (χ2n) is 5.32. The average Bonchev–Trinajstić information content (AvgIpc) is 3.19. The molecule has 3 rings (SSSR count). The molecule has 1 amide bonds. The largest absolute Gasteiger partial charge is 0.463 e. The minimum absolute atomic E-state index is 0.00187. The van der Waals surface area contributed by atoms with Crippen LogP contribution < -0.4 is 5.32 Å². The van der Waals surface area contributed by atoms with Gasteiger partial charge in [-0.2, -0.15) is 13.2 Å². The molecule has 3 heterocycles. The fourth-order valence-corrected chi connectivity index (χ4v) is 2.76. The monoisotopic (exact) mass is 394 g/mol. The van der Waals surface area contributed by atoms with Crippen LogP contribution in [0.1, 0.15) is 11.3 Å². The second kappa shape index (κ2) is 8.21. The van der Waals surface area contributed by atoms with Gasteiger partial charge in [-0.1, -0.05) is 11.8 Å². The summed E-state index contributed by atoms with van der Waals surface area (Å²) < 4.78 is 44.4. The van der Waals surface area contributed by atoms with Gasteiger partial charge in [-0.05, 0) is 35.9 Å². The summed E-state index contributed by atoms with van der Waals surface area (Å²) in [6.45, 7) is 0.295. The maximum atomic E-state index is 13.1. The Morgan fingerprint density at radius 1 is 1.19 bits per heavy atom. The van der Waals surface area contributed by atoms with Crippen LogP contribution in [-0.4, -0.2) is 26.6 Å². The van der Waals surface area contributed by atoms with E-state index in [0.717, 1.165) is 23.4 Å². The molecule has 0 saturated carbocycles. The van der Waals surface area contributed by atoms with Crippen molar-refractivity contribution < 1.29 is 22.4 Å². The van der Waals surface area contributed by atoms with Crippen molar-refractivity contribution in [2.75, 3.05) is 5.75 Å². The molecule has 0 aliphatic heterocycles. The summed E-state index contributed by atoms with van der Waals surface area (Å²) in [6, 6.07) is 7.35. The number of nitrogens with one attached hydrogen (secondary N) is 1. The number of carbonyl (C=O) groups is 1. The van der Waals surface area contributed by atoms with E-state index in [9.17, 15) is 18.0 Å². The summed E-state index contributed by atoms with van der Waals surface area (Å²) in [4.78, 5) is 23.4. The van der Waals surface area contributed by atoms with Gasteiger partial charge in [-0.25, -0.2) is 9.97 Å². The molecule has 0 spiro atoms. The Morgan fingerprint density at radius 3 is 2.63 bits per heavy atom. The Hall–Kier alpha value is -2.88. The van der Waals surface area contributed by atoms with Gasteiger partial charge >= 0.3 is 6.18 Å². The third-order valence-electron chi connectivity index (χ3n) is 3.34. The van der Waals surface area contributed by atoms with Crippen molar-refractivity contribution in [2.24, 2.45) is 0 Å². The molecule has 0 unspecified atom stereocenters. The van der Waals surface area contributed by atoms with Crippen molar-refractivity contribution in [3.63, 3.8) is 0 Å². The van der Waals surface area contributed by atoms with Crippen LogP contribution in [0.4, 0.5) is 13.2 Å². The third-order valence-corrected chi connectivity index (χ3v) is 4.19. The van der Waals surface area contributed by atoms with E-state index in [0.29, 0.717) is 6.54 Å². The number of pyridine rings is 1. The van der Waals surface area contributed by atoms with Crippen LogP contribution >= 0.6 is 11.8 Å². The van der Waals surface area contributed by atoms with Gasteiger partial charge < -0.3 is 9.73 Å². The van der Waals surface area contributed by atoms with Crippen molar-refractivity contribution in [3.05, 3.63) is 60.2 Å². The first-order valence-corrected chi connectivity index (χ1v) is 8.69. The number of halogens is 3. The Kier molecular flexibility index (Phi) is 5.75. The Bertz CT molecular complexity index is 902. The van der Waals surface area contributed by atoms with Gasteiger partial charge in [0.15, 0.2) is 10.9 Å². The Labute approximate surface area is 156 Å². The standard InChI is InChI=1S/C17H13F3N4O2S/c18-17(19,20)14-8-12(13-2-1-7-26-13)23-16(24-14)27-10-15(25)22-9-11-3-5-21-6-4-11/h1-8H,9-10H2,(H,22,25). The zero-order valence-electron chi connectivity index (χ0n) is 13.7. The van der Waals surface area contributed by atoms with Crippen LogP contribution in [0.3, 0.4) is 0 Å². The maximum absolute atomic E-state index is 13.1. The van der Waals surface area contributed by atoms with Crippen molar-refractivity contribution in [3.8, 4) is 11.5 Å². The van der Waals surface area contributed by atoms with Crippen LogP contribution in [0, 0.1) is 0 Å². The van der Waals surface area contributed by atoms with Crippen molar-refractivity contribution >= 4 is 17.7 Å².